The molecule has 1 atom stereocenters. The van der Waals surface area contributed by atoms with Crippen LogP contribution in [0.5, 0.6) is 0 Å². The molecule has 1 unspecified atom stereocenters. The molecule has 0 aliphatic heterocycles. The first-order valence-electron chi connectivity index (χ1n) is 5.37. The second-order valence-corrected chi connectivity index (χ2v) is 5.65. The van der Waals surface area contributed by atoms with Gasteiger partial charge < -0.3 is 5.32 Å². The first-order valence-corrected chi connectivity index (χ1v) is 5.75. The molecule has 0 heterocycles. The smallest absolute Gasteiger partial charge is 0.0409 e. The van der Waals surface area contributed by atoms with Crippen molar-refractivity contribution in [2.45, 2.75) is 33.7 Å². The van der Waals surface area contributed by atoms with Gasteiger partial charge in [-0.3, -0.25) is 0 Å². The van der Waals surface area contributed by atoms with Crippen LogP contribution in [0, 0.1) is 5.41 Å². The third-order valence-electron chi connectivity index (χ3n) is 2.29. The highest BCUT2D eigenvalue weighted by Gasteiger charge is 2.12. The van der Waals surface area contributed by atoms with Gasteiger partial charge in [-0.25, -0.2) is 0 Å². The maximum Gasteiger partial charge on any atom is 0.0409 e. The Hall–Kier alpha value is -0.530. The lowest BCUT2D eigenvalue weighted by Gasteiger charge is -2.23. The summed E-state index contributed by atoms with van der Waals surface area (Å²) in [6.07, 6.45) is 0. The van der Waals surface area contributed by atoms with E-state index in [4.69, 9.17) is 11.6 Å². The van der Waals surface area contributed by atoms with Gasteiger partial charge in [-0.15, -0.1) is 0 Å². The molecule has 0 fully saturated rings. The van der Waals surface area contributed by atoms with E-state index in [2.05, 4.69) is 39.1 Å². The summed E-state index contributed by atoms with van der Waals surface area (Å²) in [5.41, 5.74) is 1.55. The lowest BCUT2D eigenvalue weighted by Crippen LogP contribution is -2.29. The molecule has 2 heteroatoms. The van der Waals surface area contributed by atoms with E-state index in [-0.39, 0.29) is 0 Å². The Kier molecular flexibility index (Phi) is 4.18. The van der Waals surface area contributed by atoms with E-state index in [1.807, 2.05) is 18.2 Å². The van der Waals surface area contributed by atoms with Crippen molar-refractivity contribution in [2.24, 2.45) is 5.41 Å². The quantitative estimate of drug-likeness (QED) is 0.819. The summed E-state index contributed by atoms with van der Waals surface area (Å²) in [5, 5.41) is 4.31. The van der Waals surface area contributed by atoms with Gasteiger partial charge in [0.2, 0.25) is 0 Å². The predicted octanol–water partition coefficient (Wildman–Crippen LogP) is 4.04. The first kappa shape index (κ1) is 12.5. The van der Waals surface area contributed by atoms with E-state index in [9.17, 15) is 0 Å². The molecule has 1 rings (SSSR count). The number of nitrogens with one attached hydrogen (secondary N) is 1. The maximum atomic E-state index is 5.95. The van der Waals surface area contributed by atoms with Crippen LogP contribution in [0.4, 0.5) is 0 Å². The molecule has 0 aliphatic rings. The summed E-state index contributed by atoms with van der Waals surface area (Å²) in [6, 6.07) is 8.37. The number of hydrogen-bond donors (Lipinski definition) is 1. The van der Waals surface area contributed by atoms with Gasteiger partial charge >= 0.3 is 0 Å². The fourth-order valence-corrected chi connectivity index (χ4v) is 1.55. The lowest BCUT2D eigenvalue weighted by molar-refractivity contribution is 0.359. The van der Waals surface area contributed by atoms with E-state index < -0.39 is 0 Å². The Morgan fingerprint density at radius 1 is 1.33 bits per heavy atom. The van der Waals surface area contributed by atoms with Crippen LogP contribution in [0.15, 0.2) is 24.3 Å². The zero-order chi connectivity index (χ0) is 11.5. The Bertz CT molecular complexity index is 315. The van der Waals surface area contributed by atoms with Crippen LogP contribution in [-0.2, 0) is 0 Å². The van der Waals surface area contributed by atoms with Crippen molar-refractivity contribution in [3.8, 4) is 0 Å². The first-order chi connectivity index (χ1) is 6.88. The van der Waals surface area contributed by atoms with Crippen LogP contribution in [0.25, 0.3) is 0 Å². The molecule has 0 amide bonds. The highest BCUT2D eigenvalue weighted by atomic mass is 35.5. The van der Waals surface area contributed by atoms with Gasteiger partial charge in [0.1, 0.15) is 0 Å². The molecular formula is C13H20ClN. The summed E-state index contributed by atoms with van der Waals surface area (Å²) < 4.78 is 0. The van der Waals surface area contributed by atoms with E-state index in [0.29, 0.717) is 11.5 Å². The summed E-state index contributed by atoms with van der Waals surface area (Å²) in [4.78, 5) is 0. The van der Waals surface area contributed by atoms with Crippen molar-refractivity contribution >= 4 is 11.6 Å². The Morgan fingerprint density at radius 3 is 2.53 bits per heavy atom. The summed E-state index contributed by atoms with van der Waals surface area (Å²) >= 11 is 5.95. The van der Waals surface area contributed by atoms with E-state index in [1.54, 1.807) is 0 Å². The molecule has 0 aromatic heterocycles. The normalized spacial score (nSPS) is 13.9. The molecule has 15 heavy (non-hydrogen) atoms. The monoisotopic (exact) mass is 225 g/mol. The lowest BCUT2D eigenvalue weighted by atomic mass is 9.96. The molecule has 1 aromatic carbocycles. The van der Waals surface area contributed by atoms with Crippen molar-refractivity contribution in [1.82, 2.24) is 5.32 Å². The molecule has 0 saturated heterocycles. The standard InChI is InChI=1S/C13H20ClN/c1-10(15-9-13(2,3)4)11-6-5-7-12(14)8-11/h5-8,10,15H,9H2,1-4H3. The zero-order valence-corrected chi connectivity index (χ0v) is 10.7. The molecule has 1 N–H and O–H groups in total. The van der Waals surface area contributed by atoms with Gasteiger partial charge in [-0.05, 0) is 30.0 Å². The second-order valence-electron chi connectivity index (χ2n) is 5.22. The van der Waals surface area contributed by atoms with Crippen molar-refractivity contribution in [3.63, 3.8) is 0 Å². The highest BCUT2D eigenvalue weighted by molar-refractivity contribution is 6.30. The average molecular weight is 226 g/mol. The molecule has 0 spiro atoms. The van der Waals surface area contributed by atoms with Gasteiger partial charge in [-0.1, -0.05) is 44.5 Å². The van der Waals surface area contributed by atoms with Gasteiger partial charge in [-0.2, -0.15) is 0 Å². The molecule has 0 bridgehead atoms. The van der Waals surface area contributed by atoms with Gasteiger partial charge in [0.25, 0.3) is 0 Å². The van der Waals surface area contributed by atoms with Crippen LogP contribution in [0.3, 0.4) is 0 Å². The third-order valence-corrected chi connectivity index (χ3v) is 2.52. The van der Waals surface area contributed by atoms with Crippen molar-refractivity contribution in [3.05, 3.63) is 34.9 Å². The fourth-order valence-electron chi connectivity index (χ4n) is 1.35. The Morgan fingerprint density at radius 2 is 2.00 bits per heavy atom. The average Bonchev–Trinajstić information content (AvgIpc) is 2.13. The molecular weight excluding hydrogens is 206 g/mol. The Balaban J connectivity index is 2.58. The topological polar surface area (TPSA) is 12.0 Å². The van der Waals surface area contributed by atoms with Crippen LogP contribution >= 0.6 is 11.6 Å². The van der Waals surface area contributed by atoms with Crippen LogP contribution in [-0.4, -0.2) is 6.54 Å². The van der Waals surface area contributed by atoms with Crippen LogP contribution in [0.1, 0.15) is 39.3 Å². The molecule has 0 radical (unpaired) electrons. The van der Waals surface area contributed by atoms with Crippen LogP contribution in [0.2, 0.25) is 5.02 Å². The number of hydrogen-bond acceptors (Lipinski definition) is 1. The molecule has 0 saturated carbocycles. The molecule has 0 aliphatic carbocycles. The summed E-state index contributed by atoms with van der Waals surface area (Å²) in [7, 11) is 0. The minimum absolute atomic E-state index is 0.312. The number of benzene rings is 1. The van der Waals surface area contributed by atoms with E-state index in [1.165, 1.54) is 5.56 Å². The summed E-state index contributed by atoms with van der Waals surface area (Å²) in [6.45, 7) is 9.85. The Labute approximate surface area is 97.8 Å². The minimum Gasteiger partial charge on any atom is -0.310 e. The number of halogens is 1. The zero-order valence-electron chi connectivity index (χ0n) is 9.97. The van der Waals surface area contributed by atoms with Gasteiger partial charge in [0, 0.05) is 17.6 Å². The molecule has 1 aromatic rings. The van der Waals surface area contributed by atoms with Crippen molar-refractivity contribution < 1.29 is 0 Å². The second kappa shape index (κ2) is 5.00. The highest BCUT2D eigenvalue weighted by Crippen LogP contribution is 2.19. The SMILES string of the molecule is CC(NCC(C)(C)C)c1cccc(Cl)c1. The fraction of sp³-hybridized carbons (Fsp3) is 0.538. The van der Waals surface area contributed by atoms with E-state index in [0.717, 1.165) is 11.6 Å². The largest absolute Gasteiger partial charge is 0.310 e. The molecule has 84 valence electrons. The predicted molar refractivity (Wildman–Crippen MR) is 67.3 cm³/mol. The third kappa shape index (κ3) is 4.67. The molecule has 1 nitrogen and oxygen atoms in total. The number of rotatable bonds is 3. The maximum absolute atomic E-state index is 5.95. The van der Waals surface area contributed by atoms with Crippen molar-refractivity contribution in [1.29, 1.82) is 0 Å². The summed E-state index contributed by atoms with van der Waals surface area (Å²) in [5.74, 6) is 0. The van der Waals surface area contributed by atoms with Gasteiger partial charge in [0.15, 0.2) is 0 Å². The minimum atomic E-state index is 0.312. The van der Waals surface area contributed by atoms with E-state index >= 15 is 0 Å². The van der Waals surface area contributed by atoms with Crippen LogP contribution < -0.4 is 5.32 Å². The van der Waals surface area contributed by atoms with Gasteiger partial charge in [0.05, 0.1) is 0 Å². The van der Waals surface area contributed by atoms with Crippen molar-refractivity contribution in [2.75, 3.05) is 6.54 Å².